The lowest BCUT2D eigenvalue weighted by atomic mass is 10.2. The highest BCUT2D eigenvalue weighted by atomic mass is 35.5. The molecule has 0 aliphatic carbocycles. The fraction of sp³-hybridized carbons (Fsp3) is 0.200. The molecular weight excluding hydrogens is 200 g/mol. The lowest BCUT2D eigenvalue weighted by Gasteiger charge is -2.03. The molecule has 0 bridgehead atoms. The third-order valence-corrected chi connectivity index (χ3v) is 2.44. The maximum Gasteiger partial charge on any atom is 0.262 e. The highest BCUT2D eigenvalue weighted by molar-refractivity contribution is 6.30. The van der Waals surface area contributed by atoms with Crippen molar-refractivity contribution in [1.29, 1.82) is 0 Å². The zero-order valence-corrected chi connectivity index (χ0v) is 8.45. The summed E-state index contributed by atoms with van der Waals surface area (Å²) in [5, 5.41) is 0.309. The molecule has 72 valence electrons. The molecule has 2 aromatic heterocycles. The van der Waals surface area contributed by atoms with Crippen molar-refractivity contribution in [2.45, 2.75) is 13.3 Å². The Bertz CT molecular complexity index is 533. The van der Waals surface area contributed by atoms with Gasteiger partial charge in [0.15, 0.2) is 0 Å². The van der Waals surface area contributed by atoms with Crippen molar-refractivity contribution in [3.05, 3.63) is 45.5 Å². The Morgan fingerprint density at radius 3 is 3.00 bits per heavy atom. The number of aromatic nitrogens is 2. The minimum atomic E-state index is -0.0805. The van der Waals surface area contributed by atoms with Crippen LogP contribution in [0, 0.1) is 0 Å². The molecule has 3 nitrogen and oxygen atoms in total. The summed E-state index contributed by atoms with van der Waals surface area (Å²) in [7, 11) is 0. The quantitative estimate of drug-likeness (QED) is 0.671. The molecule has 0 aliphatic rings. The van der Waals surface area contributed by atoms with Gasteiger partial charge in [-0.25, -0.2) is 4.98 Å². The van der Waals surface area contributed by atoms with E-state index in [1.54, 1.807) is 18.3 Å². The number of pyridine rings is 1. The van der Waals surface area contributed by atoms with E-state index in [4.69, 9.17) is 11.6 Å². The zero-order chi connectivity index (χ0) is 10.1. The summed E-state index contributed by atoms with van der Waals surface area (Å²) >= 11 is 5.88. The molecule has 0 saturated carbocycles. The Morgan fingerprint density at radius 1 is 1.50 bits per heavy atom. The average Bonchev–Trinajstić information content (AvgIpc) is 2.18. The van der Waals surface area contributed by atoms with Gasteiger partial charge in [0.05, 0.1) is 5.56 Å². The second-order valence-corrected chi connectivity index (χ2v) is 3.33. The summed E-state index contributed by atoms with van der Waals surface area (Å²) in [5.41, 5.74) is 1.07. The van der Waals surface area contributed by atoms with E-state index < -0.39 is 0 Å². The molecule has 0 unspecified atom stereocenters. The molecule has 0 fully saturated rings. The van der Waals surface area contributed by atoms with Gasteiger partial charge in [0, 0.05) is 6.20 Å². The molecule has 2 rings (SSSR count). The molecule has 0 aromatic carbocycles. The van der Waals surface area contributed by atoms with Gasteiger partial charge in [-0.2, -0.15) is 0 Å². The highest BCUT2D eigenvalue weighted by Crippen LogP contribution is 2.10. The second-order valence-electron chi connectivity index (χ2n) is 2.97. The van der Waals surface area contributed by atoms with Crippen LogP contribution in [0.15, 0.2) is 29.2 Å². The van der Waals surface area contributed by atoms with Crippen LogP contribution in [0.1, 0.15) is 12.5 Å². The standard InChI is InChI=1S/C10H9ClN2O/c1-2-7-9(11)12-8-5-3-4-6-13(8)10(7)14/h3-6H,2H2,1H3. The minimum absolute atomic E-state index is 0.0805. The van der Waals surface area contributed by atoms with Gasteiger partial charge in [0.1, 0.15) is 10.8 Å². The lowest BCUT2D eigenvalue weighted by Crippen LogP contribution is -2.19. The van der Waals surface area contributed by atoms with E-state index in [2.05, 4.69) is 4.98 Å². The predicted molar refractivity (Wildman–Crippen MR) is 55.9 cm³/mol. The predicted octanol–water partition coefficient (Wildman–Crippen LogP) is 1.91. The monoisotopic (exact) mass is 208 g/mol. The number of nitrogens with zero attached hydrogens (tertiary/aromatic N) is 2. The maximum atomic E-state index is 11.8. The van der Waals surface area contributed by atoms with Gasteiger partial charge >= 0.3 is 0 Å². The van der Waals surface area contributed by atoms with Gasteiger partial charge in [0.2, 0.25) is 0 Å². The number of hydrogen-bond donors (Lipinski definition) is 0. The molecule has 0 spiro atoms. The normalized spacial score (nSPS) is 10.7. The molecule has 0 radical (unpaired) electrons. The van der Waals surface area contributed by atoms with Gasteiger partial charge in [-0.05, 0) is 18.6 Å². The van der Waals surface area contributed by atoms with Gasteiger partial charge in [0.25, 0.3) is 5.56 Å². The average molecular weight is 209 g/mol. The van der Waals surface area contributed by atoms with E-state index in [1.807, 2.05) is 13.0 Å². The lowest BCUT2D eigenvalue weighted by molar-refractivity contribution is 0.967. The topological polar surface area (TPSA) is 34.4 Å². The third kappa shape index (κ3) is 1.30. The van der Waals surface area contributed by atoms with Crippen molar-refractivity contribution in [3.8, 4) is 0 Å². The number of fused-ring (bicyclic) bond motifs is 1. The van der Waals surface area contributed by atoms with Crippen LogP contribution in [0.4, 0.5) is 0 Å². The van der Waals surface area contributed by atoms with Crippen LogP contribution in [-0.2, 0) is 6.42 Å². The molecule has 4 heteroatoms. The van der Waals surface area contributed by atoms with Crippen LogP contribution in [0.3, 0.4) is 0 Å². The number of halogens is 1. The number of hydrogen-bond acceptors (Lipinski definition) is 2. The fourth-order valence-electron chi connectivity index (χ4n) is 1.40. The first-order valence-electron chi connectivity index (χ1n) is 4.40. The molecule has 0 atom stereocenters. The van der Waals surface area contributed by atoms with E-state index in [0.29, 0.717) is 22.8 Å². The first kappa shape index (κ1) is 9.21. The highest BCUT2D eigenvalue weighted by Gasteiger charge is 2.07. The Balaban J connectivity index is 2.93. The molecule has 0 N–H and O–H groups in total. The van der Waals surface area contributed by atoms with Crippen molar-refractivity contribution < 1.29 is 0 Å². The molecule has 0 aliphatic heterocycles. The van der Waals surface area contributed by atoms with Gasteiger partial charge < -0.3 is 0 Å². The summed E-state index contributed by atoms with van der Waals surface area (Å²) < 4.78 is 1.50. The Hall–Kier alpha value is -1.35. The molecule has 0 amide bonds. The van der Waals surface area contributed by atoms with Gasteiger partial charge in [-0.15, -0.1) is 0 Å². The molecule has 2 aromatic rings. The van der Waals surface area contributed by atoms with E-state index in [0.717, 1.165) is 0 Å². The van der Waals surface area contributed by atoms with Crippen molar-refractivity contribution >= 4 is 17.2 Å². The van der Waals surface area contributed by atoms with Crippen molar-refractivity contribution in [2.24, 2.45) is 0 Å². The summed E-state index contributed by atoms with van der Waals surface area (Å²) in [4.78, 5) is 16.0. The van der Waals surface area contributed by atoms with Gasteiger partial charge in [-0.1, -0.05) is 24.6 Å². The molecular formula is C10H9ClN2O. The number of rotatable bonds is 1. The van der Waals surface area contributed by atoms with Crippen LogP contribution < -0.4 is 5.56 Å². The first-order valence-corrected chi connectivity index (χ1v) is 4.77. The smallest absolute Gasteiger partial charge is 0.262 e. The summed E-state index contributed by atoms with van der Waals surface area (Å²) in [6.45, 7) is 1.89. The SMILES string of the molecule is CCc1c(Cl)nc2ccccn2c1=O. The molecule has 14 heavy (non-hydrogen) atoms. The minimum Gasteiger partial charge on any atom is -0.269 e. The van der Waals surface area contributed by atoms with Crippen molar-refractivity contribution in [3.63, 3.8) is 0 Å². The fourth-order valence-corrected chi connectivity index (χ4v) is 1.70. The molecule has 0 saturated heterocycles. The second kappa shape index (κ2) is 3.42. The maximum absolute atomic E-state index is 11.8. The van der Waals surface area contributed by atoms with E-state index in [9.17, 15) is 4.79 Å². The largest absolute Gasteiger partial charge is 0.269 e. The van der Waals surface area contributed by atoms with E-state index in [-0.39, 0.29) is 5.56 Å². The van der Waals surface area contributed by atoms with E-state index in [1.165, 1.54) is 4.40 Å². The van der Waals surface area contributed by atoms with Crippen LogP contribution >= 0.6 is 11.6 Å². The van der Waals surface area contributed by atoms with Crippen LogP contribution in [0.2, 0.25) is 5.15 Å². The van der Waals surface area contributed by atoms with Crippen LogP contribution in [0.25, 0.3) is 5.65 Å². The van der Waals surface area contributed by atoms with E-state index >= 15 is 0 Å². The van der Waals surface area contributed by atoms with Gasteiger partial charge in [-0.3, -0.25) is 9.20 Å². The summed E-state index contributed by atoms with van der Waals surface area (Å²) in [5.74, 6) is 0. The van der Waals surface area contributed by atoms with Crippen LogP contribution in [0.5, 0.6) is 0 Å². The Kier molecular flexibility index (Phi) is 2.25. The third-order valence-electron chi connectivity index (χ3n) is 2.13. The Morgan fingerprint density at radius 2 is 2.29 bits per heavy atom. The summed E-state index contributed by atoms with van der Waals surface area (Å²) in [6.07, 6.45) is 2.29. The zero-order valence-electron chi connectivity index (χ0n) is 7.70. The van der Waals surface area contributed by atoms with Crippen LogP contribution in [-0.4, -0.2) is 9.38 Å². The van der Waals surface area contributed by atoms with Crippen molar-refractivity contribution in [1.82, 2.24) is 9.38 Å². The first-order chi connectivity index (χ1) is 6.74. The summed E-state index contributed by atoms with van der Waals surface area (Å²) in [6, 6.07) is 5.37. The molecule has 2 heterocycles. The Labute approximate surface area is 86.0 Å². The van der Waals surface area contributed by atoms with Crippen molar-refractivity contribution in [2.75, 3.05) is 0 Å².